The molecule has 0 fully saturated rings. The highest BCUT2D eigenvalue weighted by Gasteiger charge is 1.76. The Kier molecular flexibility index (Phi) is 20.5. The Morgan fingerprint density at radius 3 is 1.21 bits per heavy atom. The van der Waals surface area contributed by atoms with Crippen molar-refractivity contribution in [3.05, 3.63) is 24.9 Å². The Labute approximate surface area is 91.1 Å². The van der Waals surface area contributed by atoms with Crippen molar-refractivity contribution in [2.24, 2.45) is 5.92 Å². The summed E-state index contributed by atoms with van der Waals surface area (Å²) in [6.45, 7) is 16.1. The van der Waals surface area contributed by atoms with Crippen molar-refractivity contribution in [1.29, 1.82) is 0 Å². The largest absolute Gasteiger partial charge is 0.389 e. The van der Waals surface area contributed by atoms with Crippen LogP contribution in [-0.2, 0) is 8.92 Å². The van der Waals surface area contributed by atoms with Gasteiger partial charge in [0.2, 0.25) is 0 Å². The van der Waals surface area contributed by atoms with Gasteiger partial charge in [-0.3, -0.25) is 0 Å². The average Bonchev–Trinajstić information content (AvgIpc) is 2.04. The Morgan fingerprint density at radius 1 is 1.07 bits per heavy atom. The summed E-state index contributed by atoms with van der Waals surface area (Å²) in [7, 11) is -2.49. The number of allylic oxidation sites excluding steroid dienone is 1. The predicted molar refractivity (Wildman–Crippen MR) is 65.7 cm³/mol. The van der Waals surface area contributed by atoms with Gasteiger partial charge in [0.05, 0.1) is 0 Å². The van der Waals surface area contributed by atoms with Gasteiger partial charge in [-0.1, -0.05) is 19.9 Å². The molecule has 0 atom stereocenters. The Bertz CT molecular complexity index is 183. The summed E-state index contributed by atoms with van der Waals surface area (Å²) >= 11 is 0. The van der Waals surface area contributed by atoms with Crippen LogP contribution in [0.25, 0.3) is 0 Å². The number of rotatable bonds is 2. The van der Waals surface area contributed by atoms with Gasteiger partial charge >= 0.3 is 0 Å². The Hall–Kier alpha value is -0.486. The van der Waals surface area contributed by atoms with Crippen molar-refractivity contribution in [2.45, 2.75) is 33.5 Å². The maximum absolute atomic E-state index is 9.88. The lowest BCUT2D eigenvalue weighted by molar-refractivity contribution is 0.569. The van der Waals surface area contributed by atoms with Crippen LogP contribution in [-0.4, -0.2) is 17.4 Å². The van der Waals surface area contributed by atoms with E-state index in [2.05, 4.69) is 27.0 Å². The van der Waals surface area contributed by atoms with Crippen molar-refractivity contribution < 1.29 is 8.92 Å². The van der Waals surface area contributed by atoms with Gasteiger partial charge in [-0.25, -0.2) is 0 Å². The lowest BCUT2D eigenvalue weighted by atomic mass is 10.2. The normalized spacial score (nSPS) is 7.29. The highest BCUT2D eigenvalue weighted by Crippen LogP contribution is 1.87. The zero-order valence-electron chi connectivity index (χ0n) is 9.96. The van der Waals surface area contributed by atoms with Gasteiger partial charge in [-0.2, -0.15) is 0 Å². The number of hydrogen-bond donors (Lipinski definition) is 0. The zero-order valence-corrected chi connectivity index (χ0v) is 12.0. The third-order valence-electron chi connectivity index (χ3n) is 0.759. The van der Waals surface area contributed by atoms with E-state index >= 15 is 0 Å². The van der Waals surface area contributed by atoms with Crippen molar-refractivity contribution >= 4 is 17.4 Å². The monoisotopic (exact) mass is 230 g/mol. The molecular formula is C10H22O2Si2. The van der Waals surface area contributed by atoms with E-state index in [1.165, 1.54) is 5.70 Å². The fourth-order valence-corrected chi connectivity index (χ4v) is 0. The molecule has 0 N–H and O–H groups in total. The van der Waals surface area contributed by atoms with Crippen LogP contribution >= 0.6 is 0 Å². The first-order valence-corrected chi connectivity index (χ1v) is 8.90. The molecule has 2 nitrogen and oxygen atoms in total. The molecule has 0 aliphatic rings. The van der Waals surface area contributed by atoms with Crippen molar-refractivity contribution in [1.82, 2.24) is 0 Å². The summed E-state index contributed by atoms with van der Waals surface area (Å²) in [6.07, 6.45) is 1.92. The van der Waals surface area contributed by atoms with E-state index in [0.717, 1.165) is 0 Å². The molecule has 0 bridgehead atoms. The van der Waals surface area contributed by atoms with Gasteiger partial charge < -0.3 is 8.92 Å². The second-order valence-electron chi connectivity index (χ2n) is 3.20. The number of hydrogen-bond acceptors (Lipinski definition) is 2. The van der Waals surface area contributed by atoms with Gasteiger partial charge in [0.15, 0.2) is 0 Å². The van der Waals surface area contributed by atoms with Gasteiger partial charge in [-0.15, -0.1) is 13.2 Å². The first-order chi connectivity index (χ1) is 6.27. The van der Waals surface area contributed by atoms with Crippen LogP contribution in [0.15, 0.2) is 24.9 Å². The van der Waals surface area contributed by atoms with Crippen LogP contribution < -0.4 is 0 Å². The Morgan fingerprint density at radius 2 is 1.21 bits per heavy atom. The fraction of sp³-hybridized carbons (Fsp3) is 0.600. The maximum atomic E-state index is 9.88. The van der Waals surface area contributed by atoms with Crippen molar-refractivity contribution in [2.75, 3.05) is 0 Å². The van der Waals surface area contributed by atoms with Crippen LogP contribution in [0.3, 0.4) is 0 Å². The highest BCUT2D eigenvalue weighted by atomic mass is 28.3. The van der Waals surface area contributed by atoms with E-state index in [4.69, 9.17) is 0 Å². The SMILES string of the molecule is C=CC(C)C.C=C[Si](C)=O.C[Si](C)=O. The first kappa shape index (κ1) is 19.1. The molecule has 0 aromatic carbocycles. The standard InChI is InChI=1S/C5H10.C3H6OSi.C2H6OSi/c1-4-5(2)3;1-3-5(2)4;1-4(2)3/h4-5H,1H2,2-3H3;3H,1H2,2H3;1-2H3. The lowest BCUT2D eigenvalue weighted by Gasteiger charge is -1.84. The zero-order chi connectivity index (χ0) is 12.1. The molecule has 0 heterocycles. The van der Waals surface area contributed by atoms with E-state index in [-0.39, 0.29) is 0 Å². The quantitative estimate of drug-likeness (QED) is 0.539. The minimum absolute atomic E-state index is 0.648. The van der Waals surface area contributed by atoms with Crippen molar-refractivity contribution in [3.8, 4) is 0 Å². The molecule has 0 amide bonds. The summed E-state index contributed by atoms with van der Waals surface area (Å²) < 4.78 is 19.5. The van der Waals surface area contributed by atoms with E-state index in [1.54, 1.807) is 19.6 Å². The van der Waals surface area contributed by atoms with Crippen LogP contribution in [0.2, 0.25) is 19.6 Å². The molecule has 0 radical (unpaired) electrons. The molecule has 82 valence electrons. The predicted octanol–water partition coefficient (Wildman–Crippen LogP) is 3.26. The minimum atomic E-state index is -1.36. The molecule has 14 heavy (non-hydrogen) atoms. The highest BCUT2D eigenvalue weighted by molar-refractivity contribution is 6.47. The van der Waals surface area contributed by atoms with E-state index in [1.807, 2.05) is 6.08 Å². The van der Waals surface area contributed by atoms with Crippen molar-refractivity contribution in [3.63, 3.8) is 0 Å². The third kappa shape index (κ3) is 103. The second kappa shape index (κ2) is 15.0. The average molecular weight is 230 g/mol. The van der Waals surface area contributed by atoms with E-state index < -0.39 is 17.4 Å². The van der Waals surface area contributed by atoms with E-state index in [9.17, 15) is 8.92 Å². The lowest BCUT2D eigenvalue weighted by Crippen LogP contribution is -1.78. The maximum Gasteiger partial charge on any atom is 0.300 e. The summed E-state index contributed by atoms with van der Waals surface area (Å²) in [6, 6.07) is 0. The van der Waals surface area contributed by atoms with Crippen LogP contribution in [0.5, 0.6) is 0 Å². The Balaban J connectivity index is -0.000000131. The molecule has 0 unspecified atom stereocenters. The molecule has 0 saturated heterocycles. The molecule has 0 aliphatic heterocycles. The summed E-state index contributed by atoms with van der Waals surface area (Å²) in [5, 5.41) is 0. The summed E-state index contributed by atoms with van der Waals surface area (Å²) in [5.41, 5.74) is 1.46. The molecule has 0 spiro atoms. The molecule has 0 rings (SSSR count). The molecule has 0 aliphatic carbocycles. The minimum Gasteiger partial charge on any atom is -0.389 e. The second-order valence-corrected chi connectivity index (χ2v) is 6.65. The van der Waals surface area contributed by atoms with Gasteiger partial charge in [0, 0.05) is 0 Å². The van der Waals surface area contributed by atoms with Crippen LogP contribution in [0, 0.1) is 5.92 Å². The van der Waals surface area contributed by atoms with Crippen LogP contribution in [0.4, 0.5) is 0 Å². The van der Waals surface area contributed by atoms with Gasteiger partial charge in [0.25, 0.3) is 17.4 Å². The summed E-state index contributed by atoms with van der Waals surface area (Å²) in [4.78, 5) is 0. The third-order valence-corrected chi connectivity index (χ3v) is 1.33. The topological polar surface area (TPSA) is 34.1 Å². The smallest absolute Gasteiger partial charge is 0.300 e. The first-order valence-electron chi connectivity index (χ1n) is 4.50. The van der Waals surface area contributed by atoms with Gasteiger partial charge in [-0.05, 0) is 31.3 Å². The van der Waals surface area contributed by atoms with Gasteiger partial charge in [0.1, 0.15) is 0 Å². The molecule has 0 aromatic rings. The molecular weight excluding hydrogens is 208 g/mol. The summed E-state index contributed by atoms with van der Waals surface area (Å²) in [5.74, 6) is 0.648. The molecule has 0 aromatic heterocycles. The van der Waals surface area contributed by atoms with Crippen LogP contribution in [0.1, 0.15) is 13.8 Å². The molecule has 0 saturated carbocycles. The fourth-order valence-electron chi connectivity index (χ4n) is 0. The van der Waals surface area contributed by atoms with E-state index in [0.29, 0.717) is 5.92 Å². The molecule has 4 heteroatoms.